The Morgan fingerprint density at radius 1 is 1.22 bits per heavy atom. The number of rotatable bonds is 1. The van der Waals surface area contributed by atoms with E-state index >= 15 is 0 Å². The molecule has 4 nitrogen and oxygen atoms in total. The van der Waals surface area contributed by atoms with Gasteiger partial charge >= 0.3 is 0 Å². The number of hydrogen-bond donors (Lipinski definition) is 1. The van der Waals surface area contributed by atoms with Gasteiger partial charge in [-0.15, -0.1) is 0 Å². The van der Waals surface area contributed by atoms with Crippen LogP contribution in [0.4, 0.5) is 0 Å². The molecule has 0 fully saturated rings. The molecule has 0 aliphatic carbocycles. The SMILES string of the molecule is COc1ccc2c(c1)c(=O)[nH]c1ncc(Cl)cc12. The number of pyridine rings is 2. The number of ether oxygens (including phenoxy) is 1. The van der Waals surface area contributed by atoms with Crippen LogP contribution in [0.15, 0.2) is 35.3 Å². The molecule has 0 spiro atoms. The van der Waals surface area contributed by atoms with Crippen molar-refractivity contribution < 1.29 is 4.74 Å². The zero-order valence-corrected chi connectivity index (χ0v) is 10.3. The van der Waals surface area contributed by atoms with E-state index in [0.717, 1.165) is 10.8 Å². The second-order valence-corrected chi connectivity index (χ2v) is 4.35. The third kappa shape index (κ3) is 1.62. The molecule has 18 heavy (non-hydrogen) atoms. The van der Waals surface area contributed by atoms with Gasteiger partial charge in [0.1, 0.15) is 11.4 Å². The highest BCUT2D eigenvalue weighted by Gasteiger charge is 2.07. The predicted octanol–water partition coefficient (Wildman–Crippen LogP) is 2.74. The van der Waals surface area contributed by atoms with E-state index in [1.54, 1.807) is 19.2 Å². The van der Waals surface area contributed by atoms with Crippen LogP contribution in [0.5, 0.6) is 5.75 Å². The van der Waals surface area contributed by atoms with Crippen molar-refractivity contribution in [1.82, 2.24) is 9.97 Å². The van der Waals surface area contributed by atoms with Crippen LogP contribution < -0.4 is 10.3 Å². The molecular formula is C13H9ClN2O2. The first-order chi connectivity index (χ1) is 8.69. The fraction of sp³-hybridized carbons (Fsp3) is 0.0769. The number of H-pyrrole nitrogens is 1. The van der Waals surface area contributed by atoms with Gasteiger partial charge in [-0.25, -0.2) is 4.98 Å². The maximum atomic E-state index is 12.0. The van der Waals surface area contributed by atoms with Crippen LogP contribution in [-0.2, 0) is 0 Å². The molecule has 0 saturated heterocycles. The van der Waals surface area contributed by atoms with Gasteiger partial charge in [0.25, 0.3) is 5.56 Å². The summed E-state index contributed by atoms with van der Waals surface area (Å²) in [6.07, 6.45) is 1.51. The standard InChI is InChI=1S/C13H9ClN2O2/c1-18-8-2-3-9-10-4-7(14)6-15-12(10)16-13(17)11(9)5-8/h2-6H,1H3,(H,15,16,17). The summed E-state index contributed by atoms with van der Waals surface area (Å²) in [6.45, 7) is 0. The lowest BCUT2D eigenvalue weighted by molar-refractivity contribution is 0.415. The molecular weight excluding hydrogens is 252 g/mol. The highest BCUT2D eigenvalue weighted by Crippen LogP contribution is 2.25. The molecule has 2 heterocycles. The second-order valence-electron chi connectivity index (χ2n) is 3.92. The first-order valence-electron chi connectivity index (χ1n) is 5.34. The van der Waals surface area contributed by atoms with Crippen molar-refractivity contribution in [2.75, 3.05) is 7.11 Å². The molecule has 0 saturated carbocycles. The van der Waals surface area contributed by atoms with E-state index in [2.05, 4.69) is 9.97 Å². The summed E-state index contributed by atoms with van der Waals surface area (Å²) >= 11 is 5.94. The average Bonchev–Trinajstić information content (AvgIpc) is 2.39. The van der Waals surface area contributed by atoms with Gasteiger partial charge in [-0.3, -0.25) is 4.79 Å². The zero-order chi connectivity index (χ0) is 12.7. The number of nitrogens with zero attached hydrogens (tertiary/aromatic N) is 1. The van der Waals surface area contributed by atoms with Crippen molar-refractivity contribution in [2.45, 2.75) is 0 Å². The topological polar surface area (TPSA) is 55.0 Å². The summed E-state index contributed by atoms with van der Waals surface area (Å²) in [4.78, 5) is 18.8. The normalized spacial score (nSPS) is 11.0. The maximum Gasteiger partial charge on any atom is 0.257 e. The van der Waals surface area contributed by atoms with E-state index in [1.165, 1.54) is 6.20 Å². The Bertz CT molecular complexity index is 811. The molecule has 5 heteroatoms. The average molecular weight is 261 g/mol. The van der Waals surface area contributed by atoms with Crippen LogP contribution in [0.2, 0.25) is 5.02 Å². The van der Waals surface area contributed by atoms with Crippen molar-refractivity contribution in [2.24, 2.45) is 0 Å². The highest BCUT2D eigenvalue weighted by molar-refractivity contribution is 6.31. The van der Waals surface area contributed by atoms with Crippen LogP contribution in [0.3, 0.4) is 0 Å². The lowest BCUT2D eigenvalue weighted by Crippen LogP contribution is -2.07. The van der Waals surface area contributed by atoms with Crippen LogP contribution in [0.1, 0.15) is 0 Å². The minimum absolute atomic E-state index is 0.189. The quantitative estimate of drug-likeness (QED) is 0.685. The maximum absolute atomic E-state index is 12.0. The predicted molar refractivity (Wildman–Crippen MR) is 71.4 cm³/mol. The van der Waals surface area contributed by atoms with Crippen LogP contribution in [-0.4, -0.2) is 17.1 Å². The number of hydrogen-bond acceptors (Lipinski definition) is 3. The van der Waals surface area contributed by atoms with E-state index < -0.39 is 0 Å². The van der Waals surface area contributed by atoms with E-state index in [-0.39, 0.29) is 5.56 Å². The summed E-state index contributed by atoms with van der Waals surface area (Å²) in [5, 5.41) is 2.72. The number of halogens is 1. The summed E-state index contributed by atoms with van der Waals surface area (Å²) in [5.41, 5.74) is 0.341. The number of nitrogens with one attached hydrogen (secondary N) is 1. The smallest absolute Gasteiger partial charge is 0.257 e. The Balaban J connectivity index is 2.53. The van der Waals surface area contributed by atoms with Crippen molar-refractivity contribution >= 4 is 33.4 Å². The van der Waals surface area contributed by atoms with Gasteiger partial charge in [-0.2, -0.15) is 0 Å². The van der Waals surface area contributed by atoms with Crippen molar-refractivity contribution in [3.8, 4) is 5.75 Å². The van der Waals surface area contributed by atoms with Crippen molar-refractivity contribution in [3.63, 3.8) is 0 Å². The van der Waals surface area contributed by atoms with Crippen LogP contribution in [0, 0.1) is 0 Å². The van der Waals surface area contributed by atoms with E-state index in [1.807, 2.05) is 12.1 Å². The molecule has 0 bridgehead atoms. The van der Waals surface area contributed by atoms with Gasteiger partial charge < -0.3 is 9.72 Å². The molecule has 0 unspecified atom stereocenters. The Hall–Kier alpha value is -2.07. The molecule has 0 radical (unpaired) electrons. The summed E-state index contributed by atoms with van der Waals surface area (Å²) in [5.74, 6) is 0.641. The Kier molecular flexibility index (Phi) is 2.45. The van der Waals surface area contributed by atoms with E-state index in [9.17, 15) is 4.79 Å². The lowest BCUT2D eigenvalue weighted by atomic mass is 10.1. The first kappa shape index (κ1) is 11.0. The summed E-state index contributed by atoms with van der Waals surface area (Å²) in [6, 6.07) is 7.13. The van der Waals surface area contributed by atoms with Crippen molar-refractivity contribution in [1.29, 1.82) is 0 Å². The van der Waals surface area contributed by atoms with Gasteiger partial charge in [0, 0.05) is 11.6 Å². The molecule has 0 amide bonds. The number of benzene rings is 1. The minimum Gasteiger partial charge on any atom is -0.497 e. The lowest BCUT2D eigenvalue weighted by Gasteiger charge is -2.05. The molecule has 3 aromatic rings. The van der Waals surface area contributed by atoms with Crippen LogP contribution in [0.25, 0.3) is 21.8 Å². The van der Waals surface area contributed by atoms with Gasteiger partial charge in [0.2, 0.25) is 0 Å². The van der Waals surface area contributed by atoms with Gasteiger partial charge in [-0.05, 0) is 29.7 Å². The molecule has 3 rings (SSSR count). The van der Waals surface area contributed by atoms with Gasteiger partial charge in [0.05, 0.1) is 17.5 Å². The molecule has 2 aromatic heterocycles. The molecule has 0 atom stereocenters. The summed E-state index contributed by atoms with van der Waals surface area (Å²) in [7, 11) is 1.56. The van der Waals surface area contributed by atoms with Crippen LogP contribution >= 0.6 is 11.6 Å². The second kappa shape index (κ2) is 3.99. The number of methoxy groups -OCH3 is 1. The third-order valence-corrected chi connectivity index (χ3v) is 3.05. The Morgan fingerprint density at radius 3 is 2.83 bits per heavy atom. The van der Waals surface area contributed by atoms with Gasteiger partial charge in [-0.1, -0.05) is 11.6 Å². The largest absolute Gasteiger partial charge is 0.497 e. The fourth-order valence-corrected chi connectivity index (χ4v) is 2.15. The Labute approximate surface area is 107 Å². The molecule has 0 aliphatic rings. The highest BCUT2D eigenvalue weighted by atomic mass is 35.5. The monoisotopic (exact) mass is 260 g/mol. The number of fused-ring (bicyclic) bond motifs is 3. The van der Waals surface area contributed by atoms with Crippen molar-refractivity contribution in [3.05, 3.63) is 45.8 Å². The zero-order valence-electron chi connectivity index (χ0n) is 9.53. The fourth-order valence-electron chi connectivity index (χ4n) is 1.99. The minimum atomic E-state index is -0.189. The molecule has 0 aliphatic heterocycles. The van der Waals surface area contributed by atoms with Gasteiger partial charge in [0.15, 0.2) is 0 Å². The first-order valence-corrected chi connectivity index (χ1v) is 5.72. The Morgan fingerprint density at radius 2 is 2.06 bits per heavy atom. The molecule has 1 N–H and O–H groups in total. The van der Waals surface area contributed by atoms with E-state index in [4.69, 9.17) is 16.3 Å². The summed E-state index contributed by atoms with van der Waals surface area (Å²) < 4.78 is 5.12. The van der Waals surface area contributed by atoms with E-state index in [0.29, 0.717) is 21.8 Å². The number of aromatic nitrogens is 2. The molecule has 1 aromatic carbocycles. The molecule has 90 valence electrons. The third-order valence-electron chi connectivity index (χ3n) is 2.85. The number of aromatic amines is 1.